The molecule has 0 heterocycles. The molecule has 0 aromatic heterocycles. The Hall–Kier alpha value is 2.11. The summed E-state index contributed by atoms with van der Waals surface area (Å²) in [5.74, 6) is 0. The van der Waals surface area contributed by atoms with Gasteiger partial charge < -0.3 is 14.7 Å². The normalized spacial score (nSPS) is 10.1. The van der Waals surface area contributed by atoms with E-state index in [2.05, 4.69) is 0 Å². The van der Waals surface area contributed by atoms with Gasteiger partial charge in [0.2, 0.25) is 0 Å². The maximum absolute atomic E-state index is 10.5. The molecule has 0 aliphatic rings. The summed E-state index contributed by atoms with van der Waals surface area (Å²) in [5.41, 5.74) is 0. The van der Waals surface area contributed by atoms with Crippen LogP contribution in [0.1, 0.15) is 0 Å². The Balaban J connectivity index is 0. The van der Waals surface area contributed by atoms with Gasteiger partial charge in [-0.1, -0.05) is 23.2 Å². The molecular formula is C6H3Cl2Na2O3P. The molecule has 0 aliphatic heterocycles. The van der Waals surface area contributed by atoms with Gasteiger partial charge in [0.1, 0.15) is 0 Å². The van der Waals surface area contributed by atoms with E-state index in [0.717, 1.165) is 12.1 Å². The summed E-state index contributed by atoms with van der Waals surface area (Å²) in [6, 6.07) is 3.42. The number of hydrogen-bond acceptors (Lipinski definition) is 3. The van der Waals surface area contributed by atoms with Crippen molar-refractivity contribution in [3.8, 4) is 0 Å². The molecule has 0 radical (unpaired) electrons. The van der Waals surface area contributed by atoms with Crippen molar-refractivity contribution in [1.29, 1.82) is 0 Å². The van der Waals surface area contributed by atoms with Gasteiger partial charge in [0.15, 0.2) is 0 Å². The summed E-state index contributed by atoms with van der Waals surface area (Å²) in [4.78, 5) is 31.4. The first-order chi connectivity index (χ1) is 5.41. The molecule has 66 valence electrons. The van der Waals surface area contributed by atoms with Crippen LogP contribution in [0.15, 0.2) is 18.2 Å². The first-order valence-corrected chi connectivity index (χ1v) is 5.19. The third-order valence-electron chi connectivity index (χ3n) is 1.22. The van der Waals surface area contributed by atoms with E-state index in [1.165, 1.54) is 6.07 Å². The van der Waals surface area contributed by atoms with Crippen LogP contribution in [0.3, 0.4) is 0 Å². The first-order valence-electron chi connectivity index (χ1n) is 2.89. The molecule has 1 aromatic carbocycles. The Morgan fingerprint density at radius 1 is 0.929 bits per heavy atom. The van der Waals surface area contributed by atoms with Crippen LogP contribution in [0.5, 0.6) is 0 Å². The smallest absolute Gasteiger partial charge is 0.683 e. The molecule has 1 rings (SSSR count). The van der Waals surface area contributed by atoms with E-state index in [-0.39, 0.29) is 74.5 Å². The number of halogens is 2. The van der Waals surface area contributed by atoms with E-state index in [0.29, 0.717) is 0 Å². The van der Waals surface area contributed by atoms with Gasteiger partial charge in [-0.15, -0.1) is 7.94 Å². The van der Waals surface area contributed by atoms with E-state index in [4.69, 9.17) is 23.2 Å². The minimum atomic E-state index is -4.71. The fraction of sp³-hybridized carbons (Fsp3) is 0. The van der Waals surface area contributed by atoms with Crippen molar-refractivity contribution < 1.29 is 73.8 Å². The maximum atomic E-state index is 10.5. The van der Waals surface area contributed by atoms with Crippen LogP contribution in [0.25, 0.3) is 0 Å². The topological polar surface area (TPSA) is 69.2 Å². The largest absolute Gasteiger partial charge is 1.00 e. The number of hydrogen-bond donors (Lipinski definition) is 0. The number of rotatable bonds is 1. The summed E-state index contributed by atoms with van der Waals surface area (Å²) in [6.07, 6.45) is 0. The van der Waals surface area contributed by atoms with Crippen molar-refractivity contribution in [2.24, 2.45) is 0 Å². The van der Waals surface area contributed by atoms with E-state index in [9.17, 15) is 14.7 Å². The van der Waals surface area contributed by atoms with Gasteiger partial charge in [0, 0.05) is 0 Å². The van der Waals surface area contributed by atoms with E-state index >= 15 is 0 Å². The Morgan fingerprint density at radius 2 is 1.43 bits per heavy atom. The molecular weight excluding hydrogens is 268 g/mol. The second kappa shape index (κ2) is 7.44. The summed E-state index contributed by atoms with van der Waals surface area (Å²) in [5, 5.41) is -0.0770. The van der Waals surface area contributed by atoms with Crippen molar-refractivity contribution in [3.05, 3.63) is 28.2 Å². The zero-order chi connectivity index (χ0) is 9.35. The fourth-order valence-corrected chi connectivity index (χ4v) is 1.57. The Kier molecular flexibility index (Phi) is 9.82. The van der Waals surface area contributed by atoms with Crippen molar-refractivity contribution in [2.75, 3.05) is 0 Å². The molecule has 0 spiro atoms. The molecule has 0 saturated carbocycles. The predicted molar refractivity (Wildman–Crippen MR) is 43.0 cm³/mol. The average Bonchev–Trinajstić information content (AvgIpc) is 1.92. The van der Waals surface area contributed by atoms with Gasteiger partial charge in [-0.3, -0.25) is 0 Å². The second-order valence-corrected chi connectivity index (χ2v) is 4.42. The second-order valence-electron chi connectivity index (χ2n) is 2.10. The SMILES string of the molecule is [Na+].[Na+].[O-][P+]([O-])([O-])c1ccc(Cl)c(Cl)c1. The van der Waals surface area contributed by atoms with Gasteiger partial charge in [0.05, 0.1) is 15.3 Å². The summed E-state index contributed by atoms with van der Waals surface area (Å²) < 4.78 is 0. The van der Waals surface area contributed by atoms with Crippen molar-refractivity contribution in [2.45, 2.75) is 0 Å². The molecule has 1 aromatic rings. The summed E-state index contributed by atoms with van der Waals surface area (Å²) >= 11 is 11.0. The van der Waals surface area contributed by atoms with Crippen molar-refractivity contribution >= 4 is 36.4 Å². The van der Waals surface area contributed by atoms with Crippen LogP contribution in [-0.2, 0) is 0 Å². The minimum Gasteiger partial charge on any atom is -0.683 e. The molecule has 14 heavy (non-hydrogen) atoms. The standard InChI is InChI=1S/C6H5Cl2O3P.2Na/c7-5-2-1-4(3-6(5)8)12(9,10)11;;/h1-3H,(H2,9,10,11);;/q;2*+1/p-2. The van der Waals surface area contributed by atoms with Crippen LogP contribution in [0.2, 0.25) is 10.0 Å². The quantitative estimate of drug-likeness (QED) is 0.377. The minimum absolute atomic E-state index is 0. The molecule has 0 atom stereocenters. The van der Waals surface area contributed by atoms with Crippen LogP contribution in [0.4, 0.5) is 0 Å². The molecule has 0 saturated heterocycles. The monoisotopic (exact) mass is 270 g/mol. The third-order valence-corrected chi connectivity index (χ3v) is 2.87. The average molecular weight is 271 g/mol. The molecule has 0 unspecified atom stereocenters. The molecule has 8 heteroatoms. The molecule has 3 nitrogen and oxygen atoms in total. The van der Waals surface area contributed by atoms with Gasteiger partial charge in [-0.25, -0.2) is 0 Å². The van der Waals surface area contributed by atoms with Crippen molar-refractivity contribution in [1.82, 2.24) is 0 Å². The van der Waals surface area contributed by atoms with E-state index < -0.39 is 7.94 Å². The van der Waals surface area contributed by atoms with Crippen molar-refractivity contribution in [3.63, 3.8) is 0 Å². The number of benzene rings is 1. The van der Waals surface area contributed by atoms with Crippen LogP contribution in [-0.4, -0.2) is 0 Å². The third kappa shape index (κ3) is 5.44. The Bertz CT molecular complexity index is 306. The van der Waals surface area contributed by atoms with E-state index in [1.54, 1.807) is 0 Å². The van der Waals surface area contributed by atoms with Crippen LogP contribution in [0, 0.1) is 0 Å². The van der Waals surface area contributed by atoms with Gasteiger partial charge in [-0.05, 0) is 18.2 Å². The molecule has 0 fully saturated rings. The van der Waals surface area contributed by atoms with Gasteiger partial charge in [-0.2, -0.15) is 0 Å². The Morgan fingerprint density at radius 3 is 1.79 bits per heavy atom. The van der Waals surface area contributed by atoms with Gasteiger partial charge in [0.25, 0.3) is 0 Å². The zero-order valence-corrected chi connectivity index (χ0v) is 14.1. The molecule has 0 N–H and O–H groups in total. The summed E-state index contributed by atoms with van der Waals surface area (Å²) in [6.45, 7) is 0. The summed E-state index contributed by atoms with van der Waals surface area (Å²) in [7, 11) is -4.71. The Labute approximate surface area is 137 Å². The predicted octanol–water partition coefficient (Wildman–Crippen LogP) is -6.53. The molecule has 0 aliphatic carbocycles. The first kappa shape index (κ1) is 18.5. The van der Waals surface area contributed by atoms with Gasteiger partial charge >= 0.3 is 59.1 Å². The molecule has 0 bridgehead atoms. The molecule has 0 amide bonds. The zero-order valence-electron chi connectivity index (χ0n) is 7.66. The fourth-order valence-electron chi connectivity index (χ4n) is 0.655. The van der Waals surface area contributed by atoms with Crippen LogP contribution >= 0.6 is 31.1 Å². The van der Waals surface area contributed by atoms with Crippen LogP contribution < -0.4 is 79.1 Å². The van der Waals surface area contributed by atoms with E-state index in [1.807, 2.05) is 0 Å². The maximum Gasteiger partial charge on any atom is 1.00 e.